The molecule has 1 fully saturated rings. The Balaban J connectivity index is 1.86. The summed E-state index contributed by atoms with van der Waals surface area (Å²) in [6, 6.07) is 4.87. The van der Waals surface area contributed by atoms with E-state index in [1.54, 1.807) is 12.1 Å². The summed E-state index contributed by atoms with van der Waals surface area (Å²) in [4.78, 5) is 14.3. The quantitative estimate of drug-likeness (QED) is 0.797. The normalized spacial score (nSPS) is 18.4. The first-order valence-electron chi connectivity index (χ1n) is 8.61. The number of likely N-dealkylation sites (N-methyl/N-ethyl adjacent to an activating group) is 1. The summed E-state index contributed by atoms with van der Waals surface area (Å²) >= 11 is 0. The highest BCUT2D eigenvalue weighted by molar-refractivity contribution is 5.76. The molecule has 146 valence electrons. The van der Waals surface area contributed by atoms with Crippen LogP contribution in [0, 0.1) is 0 Å². The number of hydrogen-bond donors (Lipinski definition) is 1. The summed E-state index contributed by atoms with van der Waals surface area (Å²) in [5.74, 6) is 0.228. The molecule has 1 amide bonds. The Hall–Kier alpha value is -1.96. The van der Waals surface area contributed by atoms with Crippen LogP contribution in [0.4, 0.5) is 13.2 Å². The molecule has 1 atom stereocenters. The lowest BCUT2D eigenvalue weighted by Gasteiger charge is -2.30. The van der Waals surface area contributed by atoms with Gasteiger partial charge in [-0.25, -0.2) is 0 Å². The summed E-state index contributed by atoms with van der Waals surface area (Å²) in [5, 5.41) is 3.03. The lowest BCUT2D eigenvalue weighted by atomic mass is 10.1. The Morgan fingerprint density at radius 2 is 2.12 bits per heavy atom. The van der Waals surface area contributed by atoms with Crippen molar-refractivity contribution in [3.63, 3.8) is 0 Å². The SMILES string of the molecule is COc1cc(CCC(=O)N[C@H]2CCCN(C)C2)ccc1OCC(F)(F)F. The van der Waals surface area contributed by atoms with Gasteiger partial charge >= 0.3 is 6.18 Å². The highest BCUT2D eigenvalue weighted by Gasteiger charge is 2.29. The van der Waals surface area contributed by atoms with Gasteiger partial charge in [-0.1, -0.05) is 6.07 Å². The maximum absolute atomic E-state index is 12.3. The van der Waals surface area contributed by atoms with Crippen molar-refractivity contribution in [2.24, 2.45) is 0 Å². The van der Waals surface area contributed by atoms with Gasteiger partial charge < -0.3 is 19.7 Å². The number of ether oxygens (including phenoxy) is 2. The molecular formula is C18H25F3N2O3. The van der Waals surface area contributed by atoms with Gasteiger partial charge in [0.1, 0.15) is 0 Å². The molecule has 0 bridgehead atoms. The van der Waals surface area contributed by atoms with Crippen LogP contribution in [-0.2, 0) is 11.2 Å². The van der Waals surface area contributed by atoms with Crippen molar-refractivity contribution >= 4 is 5.91 Å². The molecule has 1 heterocycles. The number of nitrogens with zero attached hydrogens (tertiary/aromatic N) is 1. The van der Waals surface area contributed by atoms with E-state index in [-0.39, 0.29) is 23.4 Å². The van der Waals surface area contributed by atoms with Gasteiger partial charge in [0.2, 0.25) is 5.91 Å². The Labute approximate surface area is 151 Å². The number of alkyl halides is 3. The van der Waals surface area contributed by atoms with Crippen LogP contribution in [0.5, 0.6) is 11.5 Å². The number of hydrogen-bond acceptors (Lipinski definition) is 4. The van der Waals surface area contributed by atoms with Crippen LogP contribution in [0.1, 0.15) is 24.8 Å². The van der Waals surface area contributed by atoms with E-state index < -0.39 is 12.8 Å². The number of nitrogens with one attached hydrogen (secondary N) is 1. The van der Waals surface area contributed by atoms with E-state index in [2.05, 4.69) is 10.2 Å². The van der Waals surface area contributed by atoms with Crippen LogP contribution in [0.15, 0.2) is 18.2 Å². The third kappa shape index (κ3) is 6.74. The zero-order chi connectivity index (χ0) is 19.2. The van der Waals surface area contributed by atoms with Crippen molar-refractivity contribution < 1.29 is 27.4 Å². The molecule has 5 nitrogen and oxygen atoms in total. The van der Waals surface area contributed by atoms with Crippen LogP contribution in [0.25, 0.3) is 0 Å². The Bertz CT molecular complexity index is 608. The molecule has 26 heavy (non-hydrogen) atoms. The average molecular weight is 374 g/mol. The molecule has 2 rings (SSSR count). The van der Waals surface area contributed by atoms with E-state index in [4.69, 9.17) is 9.47 Å². The molecular weight excluding hydrogens is 349 g/mol. The smallest absolute Gasteiger partial charge is 0.422 e. The van der Waals surface area contributed by atoms with Gasteiger partial charge in [0.15, 0.2) is 18.1 Å². The number of benzene rings is 1. The molecule has 1 aromatic carbocycles. The summed E-state index contributed by atoms with van der Waals surface area (Å²) in [6.07, 6.45) is -1.57. The molecule has 0 spiro atoms. The molecule has 8 heteroatoms. The molecule has 0 aliphatic carbocycles. The minimum Gasteiger partial charge on any atom is -0.493 e. The van der Waals surface area contributed by atoms with E-state index in [9.17, 15) is 18.0 Å². The molecule has 1 N–H and O–H groups in total. The number of aryl methyl sites for hydroxylation is 1. The van der Waals surface area contributed by atoms with E-state index in [1.807, 2.05) is 7.05 Å². The van der Waals surface area contributed by atoms with Crippen molar-refractivity contribution in [2.75, 3.05) is 33.9 Å². The Kier molecular flexibility index (Phi) is 7.14. The minimum absolute atomic E-state index is 0.0262. The van der Waals surface area contributed by atoms with E-state index in [0.717, 1.165) is 31.5 Å². The average Bonchev–Trinajstić information content (AvgIpc) is 2.57. The maximum Gasteiger partial charge on any atom is 0.422 e. The summed E-state index contributed by atoms with van der Waals surface area (Å²) in [5.41, 5.74) is 0.803. The molecule has 1 aromatic rings. The van der Waals surface area contributed by atoms with Crippen molar-refractivity contribution in [2.45, 2.75) is 37.9 Å². The standard InChI is InChI=1S/C18H25F3N2O3/c1-23-9-3-4-14(11-23)22-17(24)8-6-13-5-7-15(16(10-13)25-2)26-12-18(19,20)21/h5,7,10,14H,3-4,6,8-9,11-12H2,1-2H3,(H,22,24)/t14-/m0/s1. The van der Waals surface area contributed by atoms with Crippen LogP contribution in [-0.4, -0.2) is 56.9 Å². The number of rotatable bonds is 7. The van der Waals surface area contributed by atoms with Crippen LogP contribution >= 0.6 is 0 Å². The molecule has 1 aliphatic rings. The number of amides is 1. The lowest BCUT2D eigenvalue weighted by molar-refractivity contribution is -0.153. The zero-order valence-electron chi connectivity index (χ0n) is 15.1. The third-order valence-corrected chi connectivity index (χ3v) is 4.25. The number of likely N-dealkylation sites (tertiary alicyclic amines) is 1. The molecule has 0 unspecified atom stereocenters. The number of carbonyl (C=O) groups is 1. The van der Waals surface area contributed by atoms with Crippen LogP contribution < -0.4 is 14.8 Å². The molecule has 0 saturated carbocycles. The molecule has 0 radical (unpaired) electrons. The van der Waals surface area contributed by atoms with Gasteiger partial charge in [0, 0.05) is 19.0 Å². The Morgan fingerprint density at radius 1 is 1.35 bits per heavy atom. The fourth-order valence-electron chi connectivity index (χ4n) is 2.99. The third-order valence-electron chi connectivity index (χ3n) is 4.25. The van der Waals surface area contributed by atoms with Gasteiger partial charge in [-0.2, -0.15) is 13.2 Å². The number of carbonyl (C=O) groups excluding carboxylic acids is 1. The molecule has 1 aliphatic heterocycles. The minimum atomic E-state index is -4.41. The van der Waals surface area contributed by atoms with Crippen LogP contribution in [0.2, 0.25) is 0 Å². The van der Waals surface area contributed by atoms with Gasteiger partial charge in [-0.3, -0.25) is 4.79 Å². The van der Waals surface area contributed by atoms with E-state index >= 15 is 0 Å². The second-order valence-electron chi connectivity index (χ2n) is 6.56. The number of halogens is 3. The number of piperidine rings is 1. The first-order valence-corrected chi connectivity index (χ1v) is 8.61. The number of methoxy groups -OCH3 is 1. The monoisotopic (exact) mass is 374 g/mol. The van der Waals surface area contributed by atoms with Gasteiger partial charge in [0.25, 0.3) is 0 Å². The van der Waals surface area contributed by atoms with Crippen molar-refractivity contribution in [3.8, 4) is 11.5 Å². The lowest BCUT2D eigenvalue weighted by Crippen LogP contribution is -2.46. The zero-order valence-corrected chi connectivity index (χ0v) is 15.1. The van der Waals surface area contributed by atoms with E-state index in [0.29, 0.717) is 12.8 Å². The van der Waals surface area contributed by atoms with Crippen LogP contribution in [0.3, 0.4) is 0 Å². The molecule has 1 saturated heterocycles. The highest BCUT2D eigenvalue weighted by Crippen LogP contribution is 2.30. The summed E-state index contributed by atoms with van der Waals surface area (Å²) in [7, 11) is 3.40. The largest absolute Gasteiger partial charge is 0.493 e. The van der Waals surface area contributed by atoms with Gasteiger partial charge in [-0.15, -0.1) is 0 Å². The maximum atomic E-state index is 12.3. The predicted molar refractivity (Wildman–Crippen MR) is 91.5 cm³/mol. The Morgan fingerprint density at radius 3 is 2.77 bits per heavy atom. The first-order chi connectivity index (χ1) is 12.3. The topological polar surface area (TPSA) is 50.8 Å². The fraction of sp³-hybridized carbons (Fsp3) is 0.611. The second-order valence-corrected chi connectivity index (χ2v) is 6.56. The first kappa shape index (κ1) is 20.4. The van der Waals surface area contributed by atoms with E-state index in [1.165, 1.54) is 13.2 Å². The van der Waals surface area contributed by atoms with Crippen molar-refractivity contribution in [1.29, 1.82) is 0 Å². The molecule has 0 aromatic heterocycles. The van der Waals surface area contributed by atoms with Gasteiger partial charge in [0.05, 0.1) is 7.11 Å². The predicted octanol–water partition coefficient (Wildman–Crippen LogP) is 2.78. The highest BCUT2D eigenvalue weighted by atomic mass is 19.4. The second kappa shape index (κ2) is 9.12. The van der Waals surface area contributed by atoms with Crippen molar-refractivity contribution in [1.82, 2.24) is 10.2 Å². The fourth-order valence-corrected chi connectivity index (χ4v) is 2.99. The van der Waals surface area contributed by atoms with Crippen molar-refractivity contribution in [3.05, 3.63) is 23.8 Å². The summed E-state index contributed by atoms with van der Waals surface area (Å²) in [6.45, 7) is 0.528. The van der Waals surface area contributed by atoms with Gasteiger partial charge in [-0.05, 0) is 50.6 Å². The summed E-state index contributed by atoms with van der Waals surface area (Å²) < 4.78 is 46.7.